The maximum Gasteiger partial charge on any atom is 0.113 e. The van der Waals surface area contributed by atoms with E-state index < -0.39 is 8.07 Å². The zero-order valence-corrected chi connectivity index (χ0v) is 19.9. The Balaban J connectivity index is 1.50. The van der Waals surface area contributed by atoms with Crippen LogP contribution in [0.15, 0.2) is 97.1 Å². The number of hydrogen-bond acceptors (Lipinski definition) is 0. The minimum atomic E-state index is -1.86. The van der Waals surface area contributed by atoms with E-state index >= 15 is 0 Å². The minimum absolute atomic E-state index is 1.04. The summed E-state index contributed by atoms with van der Waals surface area (Å²) >= 11 is 0. The van der Waals surface area contributed by atoms with Gasteiger partial charge in [0.15, 0.2) is 0 Å². The number of hydrogen-bond donors (Lipinski definition) is 0. The molecule has 0 atom stereocenters. The third-order valence-corrected chi connectivity index (χ3v) is 9.75. The van der Waals surface area contributed by atoms with Gasteiger partial charge in [0.2, 0.25) is 0 Å². The van der Waals surface area contributed by atoms with E-state index in [9.17, 15) is 0 Å². The van der Waals surface area contributed by atoms with E-state index in [4.69, 9.17) is 0 Å². The Kier molecular flexibility index (Phi) is 5.58. The molecule has 0 radical (unpaired) electrons. The molecule has 5 rings (SSSR count). The molecule has 0 nitrogen and oxygen atoms in total. The molecule has 0 N–H and O–H groups in total. The highest BCUT2D eigenvalue weighted by Gasteiger charge is 2.31. The van der Waals surface area contributed by atoms with Crippen molar-refractivity contribution in [3.63, 3.8) is 0 Å². The molecule has 156 valence electrons. The largest absolute Gasteiger partial charge is 0.113 e. The van der Waals surface area contributed by atoms with Crippen LogP contribution in [0.3, 0.4) is 0 Å². The standard InChI is InChI=1S/C32H24Si/c1-33(2)31-21-17-27(15-13-25-9-5-3-6-10-25)23-29(31)19-20-30-24-28(18-22-32(30)33)16-14-26-11-7-4-8-12-26/h3-12,17-24H,1-2H3. The van der Waals surface area contributed by atoms with E-state index in [0.29, 0.717) is 0 Å². The average molecular weight is 437 g/mol. The lowest BCUT2D eigenvalue weighted by atomic mass is 10.1. The van der Waals surface area contributed by atoms with Gasteiger partial charge in [0, 0.05) is 22.3 Å². The Bertz CT molecular complexity index is 1360. The van der Waals surface area contributed by atoms with Crippen molar-refractivity contribution in [1.82, 2.24) is 0 Å². The van der Waals surface area contributed by atoms with Crippen LogP contribution in [0.2, 0.25) is 13.1 Å². The first kappa shape index (κ1) is 20.8. The molecule has 4 aromatic carbocycles. The first-order valence-corrected chi connectivity index (χ1v) is 14.2. The van der Waals surface area contributed by atoms with Gasteiger partial charge in [-0.2, -0.15) is 0 Å². The lowest BCUT2D eigenvalue weighted by molar-refractivity contribution is 1.60. The van der Waals surface area contributed by atoms with Gasteiger partial charge in [0.25, 0.3) is 0 Å². The second-order valence-corrected chi connectivity index (χ2v) is 13.1. The first-order chi connectivity index (χ1) is 16.1. The summed E-state index contributed by atoms with van der Waals surface area (Å²) < 4.78 is 0. The van der Waals surface area contributed by atoms with Gasteiger partial charge >= 0.3 is 0 Å². The zero-order valence-electron chi connectivity index (χ0n) is 18.9. The summed E-state index contributed by atoms with van der Waals surface area (Å²) in [5.74, 6) is 13.2. The third-order valence-electron chi connectivity index (χ3n) is 6.14. The van der Waals surface area contributed by atoms with Crippen LogP contribution in [0.5, 0.6) is 0 Å². The molecular formula is C32H24Si. The van der Waals surface area contributed by atoms with Gasteiger partial charge in [-0.15, -0.1) is 0 Å². The first-order valence-electron chi connectivity index (χ1n) is 11.2. The number of rotatable bonds is 0. The van der Waals surface area contributed by atoms with Crippen molar-refractivity contribution in [2.45, 2.75) is 13.1 Å². The Hall–Kier alpha value is -4.04. The molecule has 0 fully saturated rings. The molecule has 0 saturated carbocycles. The van der Waals surface area contributed by atoms with Gasteiger partial charge in [-0.3, -0.25) is 0 Å². The summed E-state index contributed by atoms with van der Waals surface area (Å²) in [7, 11) is -1.86. The van der Waals surface area contributed by atoms with Crippen molar-refractivity contribution in [3.8, 4) is 23.7 Å². The molecule has 1 heterocycles. The van der Waals surface area contributed by atoms with Gasteiger partial charge in [-0.1, -0.05) is 97.5 Å². The summed E-state index contributed by atoms with van der Waals surface area (Å²) in [5.41, 5.74) is 6.72. The molecule has 1 aliphatic rings. The van der Waals surface area contributed by atoms with E-state index in [1.807, 2.05) is 60.7 Å². The van der Waals surface area contributed by atoms with Crippen LogP contribution in [0.25, 0.3) is 12.2 Å². The van der Waals surface area contributed by atoms with E-state index in [1.54, 1.807) is 0 Å². The molecular weight excluding hydrogens is 412 g/mol. The van der Waals surface area contributed by atoms with E-state index in [1.165, 1.54) is 21.5 Å². The maximum atomic E-state index is 3.33. The van der Waals surface area contributed by atoms with Crippen molar-refractivity contribution in [1.29, 1.82) is 0 Å². The summed E-state index contributed by atoms with van der Waals surface area (Å²) in [4.78, 5) is 0. The fraction of sp³-hybridized carbons (Fsp3) is 0.0625. The SMILES string of the molecule is C[Si]1(C)c2ccc(C#Cc3ccccc3)cc2C=Cc2cc(C#Cc3ccccc3)ccc21. The topological polar surface area (TPSA) is 0 Å². The van der Waals surface area contributed by atoms with Crippen molar-refractivity contribution in [2.75, 3.05) is 0 Å². The van der Waals surface area contributed by atoms with Crippen LogP contribution in [0.1, 0.15) is 33.4 Å². The predicted octanol–water partition coefficient (Wildman–Crippen LogP) is 5.79. The third kappa shape index (κ3) is 4.46. The number of benzene rings is 4. The van der Waals surface area contributed by atoms with Gasteiger partial charge in [-0.25, -0.2) is 0 Å². The van der Waals surface area contributed by atoms with Gasteiger partial charge < -0.3 is 0 Å². The van der Waals surface area contributed by atoms with Crippen LogP contribution in [-0.2, 0) is 0 Å². The van der Waals surface area contributed by atoms with Crippen LogP contribution in [0, 0.1) is 23.7 Å². The molecule has 0 spiro atoms. The quantitative estimate of drug-likeness (QED) is 0.242. The van der Waals surface area contributed by atoms with Crippen molar-refractivity contribution >= 4 is 30.6 Å². The van der Waals surface area contributed by atoms with Crippen LogP contribution < -0.4 is 10.4 Å². The molecule has 0 saturated heterocycles. The molecule has 0 unspecified atom stereocenters. The molecule has 1 heteroatoms. The highest BCUT2D eigenvalue weighted by molar-refractivity contribution is 7.01. The second kappa shape index (κ2) is 8.83. The summed E-state index contributed by atoms with van der Waals surface area (Å²) in [6, 6.07) is 33.7. The average Bonchev–Trinajstić information content (AvgIpc) is 2.96. The monoisotopic (exact) mass is 436 g/mol. The molecule has 4 aromatic rings. The Labute approximate surface area is 197 Å². The van der Waals surface area contributed by atoms with E-state index in [-0.39, 0.29) is 0 Å². The molecule has 0 bridgehead atoms. The van der Waals surface area contributed by atoms with Crippen molar-refractivity contribution < 1.29 is 0 Å². The summed E-state index contributed by atoms with van der Waals surface area (Å²) in [5, 5.41) is 2.90. The summed E-state index contributed by atoms with van der Waals surface area (Å²) in [6.45, 7) is 4.87. The maximum absolute atomic E-state index is 3.33. The highest BCUT2D eigenvalue weighted by Crippen LogP contribution is 2.20. The van der Waals surface area contributed by atoms with Gasteiger partial charge in [0.05, 0.1) is 0 Å². The fourth-order valence-electron chi connectivity index (χ4n) is 4.35. The Morgan fingerprint density at radius 2 is 0.848 bits per heavy atom. The predicted molar refractivity (Wildman–Crippen MR) is 143 cm³/mol. The second-order valence-electron chi connectivity index (χ2n) is 8.79. The molecule has 0 aromatic heterocycles. The van der Waals surface area contributed by atoms with Gasteiger partial charge in [-0.05, 0) is 70.0 Å². The number of fused-ring (bicyclic) bond motifs is 2. The fourth-order valence-corrected chi connectivity index (χ4v) is 7.40. The normalized spacial score (nSPS) is 12.8. The molecule has 33 heavy (non-hydrogen) atoms. The Morgan fingerprint density at radius 3 is 1.27 bits per heavy atom. The molecule has 0 amide bonds. The minimum Gasteiger partial charge on any atom is -0.0622 e. The smallest absolute Gasteiger partial charge is 0.0622 e. The van der Waals surface area contributed by atoms with Crippen LogP contribution in [0.4, 0.5) is 0 Å². The Morgan fingerprint density at radius 1 is 0.455 bits per heavy atom. The van der Waals surface area contributed by atoms with Crippen molar-refractivity contribution in [2.24, 2.45) is 0 Å². The highest BCUT2D eigenvalue weighted by atomic mass is 28.3. The zero-order chi connectivity index (χ0) is 22.7. The lowest BCUT2D eigenvalue weighted by Crippen LogP contribution is -2.54. The lowest BCUT2D eigenvalue weighted by Gasteiger charge is -2.26. The summed E-state index contributed by atoms with van der Waals surface area (Å²) in [6.07, 6.45) is 4.50. The molecule has 0 aliphatic carbocycles. The van der Waals surface area contributed by atoms with Crippen molar-refractivity contribution in [3.05, 3.63) is 130 Å². The van der Waals surface area contributed by atoms with E-state index in [2.05, 4.69) is 85.3 Å². The van der Waals surface area contributed by atoms with Gasteiger partial charge in [0.1, 0.15) is 8.07 Å². The van der Waals surface area contributed by atoms with Crippen LogP contribution in [-0.4, -0.2) is 8.07 Å². The molecule has 1 aliphatic heterocycles. The van der Waals surface area contributed by atoms with E-state index in [0.717, 1.165) is 22.3 Å². The van der Waals surface area contributed by atoms with Crippen LogP contribution >= 0.6 is 0 Å².